The summed E-state index contributed by atoms with van der Waals surface area (Å²) in [5.41, 5.74) is 1.54. The molecule has 0 bridgehead atoms. The molecule has 0 radical (unpaired) electrons. The van der Waals surface area contributed by atoms with Crippen molar-refractivity contribution in [3.8, 4) is 0 Å². The van der Waals surface area contributed by atoms with Crippen LogP contribution in [0.3, 0.4) is 0 Å². The maximum atomic E-state index is 12.7. The van der Waals surface area contributed by atoms with E-state index in [-0.39, 0.29) is 11.9 Å². The second-order valence-corrected chi connectivity index (χ2v) is 8.49. The number of hydrogen-bond donors (Lipinski definition) is 1. The highest BCUT2D eigenvalue weighted by Gasteiger charge is 2.23. The third kappa shape index (κ3) is 5.45. The highest BCUT2D eigenvalue weighted by molar-refractivity contribution is 7.09. The number of halogens is 1. The molecule has 1 fully saturated rings. The quantitative estimate of drug-likeness (QED) is 0.804. The number of rotatable bonds is 4. The molecule has 150 valence electrons. The zero-order chi connectivity index (χ0) is 20.1. The van der Waals surface area contributed by atoms with Crippen molar-refractivity contribution < 1.29 is 9.59 Å². The third-order valence-electron chi connectivity index (χ3n) is 4.63. The predicted molar refractivity (Wildman–Crippen MR) is 113 cm³/mol. The van der Waals surface area contributed by atoms with Gasteiger partial charge in [-0.2, -0.15) is 0 Å². The number of carbonyl (C=O) groups is 2. The monoisotopic (exact) mass is 420 g/mol. The molecule has 2 heterocycles. The lowest BCUT2D eigenvalue weighted by atomic mass is 10.2. The van der Waals surface area contributed by atoms with Gasteiger partial charge in [-0.15, -0.1) is 11.3 Å². The molecule has 1 N–H and O–H groups in total. The molecule has 1 aliphatic heterocycles. The lowest BCUT2D eigenvalue weighted by Crippen LogP contribution is -2.39. The van der Waals surface area contributed by atoms with Crippen molar-refractivity contribution >= 4 is 40.6 Å². The highest BCUT2D eigenvalue weighted by Crippen LogP contribution is 2.20. The largest absolute Gasteiger partial charge is 0.341 e. The molecule has 1 aliphatic rings. The topological polar surface area (TPSA) is 65.5 Å². The Hall–Kier alpha value is -2.12. The number of anilines is 1. The van der Waals surface area contributed by atoms with Crippen LogP contribution in [0.25, 0.3) is 0 Å². The van der Waals surface area contributed by atoms with Gasteiger partial charge < -0.3 is 15.1 Å². The molecule has 28 heavy (non-hydrogen) atoms. The van der Waals surface area contributed by atoms with E-state index in [1.165, 1.54) is 0 Å². The molecular weight excluding hydrogens is 396 g/mol. The molecule has 3 amide bonds. The minimum Gasteiger partial charge on any atom is -0.341 e. The first-order chi connectivity index (χ1) is 13.4. The minimum atomic E-state index is -0.155. The fraction of sp³-hybridized carbons (Fsp3) is 0.450. The van der Waals surface area contributed by atoms with Gasteiger partial charge in [-0.1, -0.05) is 25.4 Å². The van der Waals surface area contributed by atoms with Gasteiger partial charge in [-0.25, -0.2) is 9.78 Å². The summed E-state index contributed by atoms with van der Waals surface area (Å²) >= 11 is 7.48. The van der Waals surface area contributed by atoms with Crippen molar-refractivity contribution in [2.75, 3.05) is 31.5 Å². The fourth-order valence-corrected chi connectivity index (χ4v) is 4.00. The number of benzene rings is 1. The summed E-state index contributed by atoms with van der Waals surface area (Å²) in [6.07, 6.45) is 1.08. The van der Waals surface area contributed by atoms with Crippen LogP contribution in [0.5, 0.6) is 0 Å². The summed E-state index contributed by atoms with van der Waals surface area (Å²) in [6.45, 7) is 6.53. The first-order valence-electron chi connectivity index (χ1n) is 9.46. The molecule has 1 aromatic heterocycles. The molecule has 2 aromatic rings. The van der Waals surface area contributed by atoms with E-state index in [0.29, 0.717) is 49.2 Å². The van der Waals surface area contributed by atoms with Crippen LogP contribution in [0.4, 0.5) is 10.5 Å². The summed E-state index contributed by atoms with van der Waals surface area (Å²) in [5, 5.41) is 6.54. The normalized spacial score (nSPS) is 14.9. The Balaban J connectivity index is 1.52. The number of thiazole rings is 1. The molecule has 1 saturated heterocycles. The molecule has 8 heteroatoms. The summed E-state index contributed by atoms with van der Waals surface area (Å²) in [6, 6.07) is 6.87. The van der Waals surface area contributed by atoms with Gasteiger partial charge in [0.2, 0.25) is 5.91 Å². The van der Waals surface area contributed by atoms with Gasteiger partial charge in [0.25, 0.3) is 0 Å². The number of hydrogen-bond acceptors (Lipinski definition) is 4. The van der Waals surface area contributed by atoms with Crippen molar-refractivity contribution in [1.82, 2.24) is 14.8 Å². The highest BCUT2D eigenvalue weighted by atomic mass is 35.5. The smallest absolute Gasteiger partial charge is 0.321 e. The summed E-state index contributed by atoms with van der Waals surface area (Å²) < 4.78 is 0. The molecule has 0 saturated carbocycles. The Morgan fingerprint density at radius 3 is 2.50 bits per heavy atom. The van der Waals surface area contributed by atoms with Crippen LogP contribution in [0.15, 0.2) is 29.6 Å². The molecule has 0 unspecified atom stereocenters. The van der Waals surface area contributed by atoms with Crippen molar-refractivity contribution in [2.45, 2.75) is 32.6 Å². The number of urea groups is 1. The van der Waals surface area contributed by atoms with Gasteiger partial charge in [0.05, 0.1) is 17.1 Å². The van der Waals surface area contributed by atoms with Crippen LogP contribution in [0.2, 0.25) is 5.02 Å². The van der Waals surface area contributed by atoms with Crippen molar-refractivity contribution in [3.63, 3.8) is 0 Å². The first-order valence-corrected chi connectivity index (χ1v) is 10.7. The molecule has 6 nitrogen and oxygen atoms in total. The Kier molecular flexibility index (Phi) is 6.91. The van der Waals surface area contributed by atoms with E-state index >= 15 is 0 Å². The van der Waals surface area contributed by atoms with Gasteiger partial charge in [0, 0.05) is 48.2 Å². The number of nitrogens with one attached hydrogen (secondary N) is 1. The van der Waals surface area contributed by atoms with E-state index in [4.69, 9.17) is 11.6 Å². The zero-order valence-corrected chi connectivity index (χ0v) is 17.7. The van der Waals surface area contributed by atoms with Gasteiger partial charge in [0.1, 0.15) is 0 Å². The molecule has 1 aromatic carbocycles. The second kappa shape index (κ2) is 9.39. The van der Waals surface area contributed by atoms with E-state index in [2.05, 4.69) is 24.1 Å². The second-order valence-electron chi connectivity index (χ2n) is 7.17. The Labute approximate surface area is 174 Å². The Morgan fingerprint density at radius 2 is 1.82 bits per heavy atom. The van der Waals surface area contributed by atoms with Gasteiger partial charge in [-0.3, -0.25) is 4.79 Å². The van der Waals surface area contributed by atoms with Crippen molar-refractivity contribution in [1.29, 1.82) is 0 Å². The van der Waals surface area contributed by atoms with Crippen LogP contribution >= 0.6 is 22.9 Å². The van der Waals surface area contributed by atoms with Gasteiger partial charge >= 0.3 is 6.03 Å². The molecule has 0 atom stereocenters. The van der Waals surface area contributed by atoms with Crippen LogP contribution in [0.1, 0.15) is 36.9 Å². The molecule has 0 aliphatic carbocycles. The van der Waals surface area contributed by atoms with Crippen molar-refractivity contribution in [2.24, 2.45) is 0 Å². The fourth-order valence-electron chi connectivity index (χ4n) is 3.04. The van der Waals surface area contributed by atoms with E-state index in [0.717, 1.165) is 17.1 Å². The number of carbonyl (C=O) groups excluding carboxylic acids is 2. The van der Waals surface area contributed by atoms with E-state index < -0.39 is 0 Å². The molecule has 0 spiro atoms. The summed E-state index contributed by atoms with van der Waals surface area (Å²) in [4.78, 5) is 33.3. The van der Waals surface area contributed by atoms with E-state index in [1.807, 2.05) is 10.3 Å². The van der Waals surface area contributed by atoms with E-state index in [9.17, 15) is 9.59 Å². The van der Waals surface area contributed by atoms with Crippen LogP contribution in [0, 0.1) is 0 Å². The average Bonchev–Trinajstić information content (AvgIpc) is 2.98. The van der Waals surface area contributed by atoms with Crippen LogP contribution in [-0.2, 0) is 11.2 Å². The third-order valence-corrected chi connectivity index (χ3v) is 6.07. The Bertz CT molecular complexity index is 822. The summed E-state index contributed by atoms with van der Waals surface area (Å²) in [7, 11) is 0. The van der Waals surface area contributed by atoms with Gasteiger partial charge in [0.15, 0.2) is 0 Å². The predicted octanol–water partition coefficient (Wildman–Crippen LogP) is 4.23. The SMILES string of the molecule is CC(C)c1nc(CC(=O)N2CCCN(C(=O)Nc3ccc(Cl)cc3)CC2)cs1. The molecular formula is C20H25ClN4O2S. The average molecular weight is 421 g/mol. The lowest BCUT2D eigenvalue weighted by molar-refractivity contribution is -0.130. The zero-order valence-electron chi connectivity index (χ0n) is 16.2. The maximum Gasteiger partial charge on any atom is 0.321 e. The van der Waals surface area contributed by atoms with Crippen molar-refractivity contribution in [3.05, 3.63) is 45.4 Å². The van der Waals surface area contributed by atoms with Crippen LogP contribution in [-0.4, -0.2) is 52.9 Å². The lowest BCUT2D eigenvalue weighted by Gasteiger charge is -2.22. The Morgan fingerprint density at radius 1 is 1.14 bits per heavy atom. The standard InChI is InChI=1S/C20H25ClN4O2S/c1-14(2)19-22-17(13-28-19)12-18(26)24-8-3-9-25(11-10-24)20(27)23-16-6-4-15(21)5-7-16/h4-7,13-14H,3,8-12H2,1-2H3,(H,23,27). The van der Waals surface area contributed by atoms with Crippen LogP contribution < -0.4 is 5.32 Å². The number of nitrogens with zero attached hydrogens (tertiary/aromatic N) is 3. The minimum absolute atomic E-state index is 0.0700. The number of amides is 3. The van der Waals surface area contributed by atoms with Gasteiger partial charge in [-0.05, 0) is 30.7 Å². The first kappa shape index (κ1) is 20.6. The van der Waals surface area contributed by atoms with E-state index in [1.54, 1.807) is 40.5 Å². The molecule has 3 rings (SSSR count). The summed E-state index contributed by atoms with van der Waals surface area (Å²) in [5.74, 6) is 0.445. The maximum absolute atomic E-state index is 12.7. The number of aromatic nitrogens is 1.